The van der Waals surface area contributed by atoms with Gasteiger partial charge in [0.1, 0.15) is 5.75 Å². The van der Waals surface area contributed by atoms with Crippen molar-refractivity contribution in [1.82, 2.24) is 0 Å². The Morgan fingerprint density at radius 2 is 1.79 bits per heavy atom. The minimum atomic E-state index is -3.71. The van der Waals surface area contributed by atoms with Crippen molar-refractivity contribution >= 4 is 34.3 Å². The predicted molar refractivity (Wildman–Crippen MR) is 131 cm³/mol. The molecule has 2 N–H and O–H groups in total. The van der Waals surface area contributed by atoms with Gasteiger partial charge in [0.2, 0.25) is 0 Å². The molecule has 7 heteroatoms. The van der Waals surface area contributed by atoms with Crippen LogP contribution in [0.5, 0.6) is 5.75 Å². The van der Waals surface area contributed by atoms with Gasteiger partial charge < -0.3 is 5.11 Å². The summed E-state index contributed by atoms with van der Waals surface area (Å²) in [4.78, 5) is 0. The number of benzene rings is 2. The van der Waals surface area contributed by atoms with E-state index < -0.39 is 17.9 Å². The summed E-state index contributed by atoms with van der Waals surface area (Å²) in [5.74, 6) is 8.38. The molecular formula is C26H27Cl3NO2Re. The number of aliphatic hydroxyl groups is 1. The maximum atomic E-state index is 11.8. The summed E-state index contributed by atoms with van der Waals surface area (Å²) in [6.07, 6.45) is 5.84. The van der Waals surface area contributed by atoms with Crippen LogP contribution in [0.3, 0.4) is 0 Å². The van der Waals surface area contributed by atoms with Crippen LogP contribution in [0.25, 0.3) is 0 Å². The van der Waals surface area contributed by atoms with Gasteiger partial charge in [0.05, 0.1) is 0 Å². The Balaban J connectivity index is 1.39. The fourth-order valence-electron chi connectivity index (χ4n) is 6.68. The van der Waals surface area contributed by atoms with Gasteiger partial charge in [-0.2, -0.15) is 0 Å². The average Bonchev–Trinajstić information content (AvgIpc) is 3.03. The molecule has 3 aliphatic rings. The summed E-state index contributed by atoms with van der Waals surface area (Å²) in [6.45, 7) is 2.25. The molecule has 176 valence electrons. The van der Waals surface area contributed by atoms with E-state index in [2.05, 4.69) is 28.4 Å². The van der Waals surface area contributed by atoms with Gasteiger partial charge in [-0.15, -0.1) is 0 Å². The van der Waals surface area contributed by atoms with Crippen molar-refractivity contribution in [3.63, 3.8) is 0 Å². The van der Waals surface area contributed by atoms with Crippen LogP contribution in [-0.4, -0.2) is 15.8 Å². The Labute approximate surface area is 210 Å². The number of rotatable bonds is 1. The van der Waals surface area contributed by atoms with E-state index in [0.717, 1.165) is 37.7 Å². The van der Waals surface area contributed by atoms with E-state index in [1.54, 1.807) is 0 Å². The number of halogens is 3. The van der Waals surface area contributed by atoms with E-state index in [9.17, 15) is 10.2 Å². The minimum absolute atomic E-state index is 0.214. The molecule has 0 spiro atoms. The molecule has 0 aromatic heterocycles. The monoisotopic (exact) mass is 677 g/mol. The number of fused-ring (bicyclic) bond motifs is 5. The van der Waals surface area contributed by atoms with E-state index >= 15 is 0 Å². The van der Waals surface area contributed by atoms with Crippen LogP contribution >= 0.6 is 28.6 Å². The maximum absolute atomic E-state index is 11.8. The van der Waals surface area contributed by atoms with Crippen LogP contribution in [0.1, 0.15) is 61.6 Å². The first-order valence-corrected chi connectivity index (χ1v) is 22.7. The third-order valence-electron chi connectivity index (χ3n) is 8.34. The van der Waals surface area contributed by atoms with Crippen LogP contribution in [0.4, 0.5) is 5.69 Å². The van der Waals surface area contributed by atoms with E-state index in [-0.39, 0.29) is 5.41 Å². The molecule has 33 heavy (non-hydrogen) atoms. The second-order valence-corrected chi connectivity index (χ2v) is 26.8. The molecule has 0 heterocycles. The number of hydrogen-bond donors (Lipinski definition) is 2. The van der Waals surface area contributed by atoms with Crippen LogP contribution < -0.4 is 0 Å². The Morgan fingerprint density at radius 1 is 1.03 bits per heavy atom. The first kappa shape index (κ1) is 23.8. The summed E-state index contributed by atoms with van der Waals surface area (Å²) >= 11 is -3.71. The quantitative estimate of drug-likeness (QED) is 0.308. The zero-order valence-electron chi connectivity index (χ0n) is 18.4. The van der Waals surface area contributed by atoms with Gasteiger partial charge in [0.25, 0.3) is 0 Å². The third-order valence-corrected chi connectivity index (χ3v) is 11.3. The summed E-state index contributed by atoms with van der Waals surface area (Å²) < 4.78 is 4.19. The van der Waals surface area contributed by atoms with Crippen LogP contribution in [0.15, 0.2) is 46.0 Å². The molecule has 0 amide bonds. The van der Waals surface area contributed by atoms with Gasteiger partial charge in [0.15, 0.2) is 0 Å². The number of aryl methyl sites for hydroxylation is 1. The van der Waals surface area contributed by atoms with Gasteiger partial charge in [-0.05, 0) is 29.7 Å². The summed E-state index contributed by atoms with van der Waals surface area (Å²) in [6, 6.07) is 13.2. The molecule has 0 bridgehead atoms. The van der Waals surface area contributed by atoms with E-state index in [4.69, 9.17) is 28.6 Å². The standard InChI is InChI=1S/C26H27NO2.3ClH.Re/c1-25-13-11-22-21-9-7-20(28)16-18(21)4-8-23(22)24(25)12-15-26(25,29)14-10-17-2-5-19(27)6-3-17;;;;/h2-3,5-7,9,16,22-24,28-29H,4,8,11-13,15H2,1H3;3*1H;/q;;;;+3/p-3/t22-,23-,24+,25+,26+;;;;/m1..../s1. The Kier molecular flexibility index (Phi) is 6.23. The van der Waals surface area contributed by atoms with Crippen molar-refractivity contribution in [2.24, 2.45) is 20.8 Å². The average molecular weight is 678 g/mol. The van der Waals surface area contributed by atoms with Crippen molar-refractivity contribution in [3.05, 3.63) is 59.2 Å². The van der Waals surface area contributed by atoms with Gasteiger partial charge in [0, 0.05) is 0 Å². The molecule has 0 saturated heterocycles. The molecule has 2 aromatic rings. The second kappa shape index (κ2) is 8.64. The Hall–Kier alpha value is -0.908. The first-order chi connectivity index (χ1) is 15.6. The molecule has 0 radical (unpaired) electrons. The number of nitrogens with zero attached hydrogens (tertiary/aromatic N) is 1. The predicted octanol–water partition coefficient (Wildman–Crippen LogP) is 7.46. The first-order valence-electron chi connectivity index (χ1n) is 11.4. The molecule has 0 aliphatic heterocycles. The van der Waals surface area contributed by atoms with Crippen LogP contribution in [-0.2, 0) is 18.7 Å². The molecule has 3 nitrogen and oxygen atoms in total. The Bertz CT molecular complexity index is 1190. The summed E-state index contributed by atoms with van der Waals surface area (Å²) in [5, 5.41) is 21.7. The number of phenolic OH excluding ortho intramolecular Hbond substituents is 1. The number of hydrogen-bond acceptors (Lipinski definition) is 3. The van der Waals surface area contributed by atoms with Gasteiger partial charge in [-0.1, -0.05) is 6.07 Å². The van der Waals surface area contributed by atoms with Crippen molar-refractivity contribution in [2.45, 2.75) is 57.0 Å². The topological polar surface area (TPSA) is 52.8 Å². The van der Waals surface area contributed by atoms with Crippen molar-refractivity contribution in [1.29, 1.82) is 0 Å². The molecule has 2 fully saturated rings. The van der Waals surface area contributed by atoms with Crippen LogP contribution in [0, 0.1) is 29.1 Å². The summed E-state index contributed by atoms with van der Waals surface area (Å²) in [5.41, 5.74) is 2.97. The fourth-order valence-corrected chi connectivity index (χ4v) is 9.69. The molecule has 2 aromatic carbocycles. The van der Waals surface area contributed by atoms with E-state index in [1.807, 2.05) is 36.4 Å². The van der Waals surface area contributed by atoms with Gasteiger partial charge in [-0.25, -0.2) is 0 Å². The summed E-state index contributed by atoms with van der Waals surface area (Å²) in [7, 11) is 17.8. The van der Waals surface area contributed by atoms with Crippen molar-refractivity contribution < 1.29 is 22.5 Å². The fraction of sp³-hybridized carbons (Fsp3) is 0.462. The number of aromatic hydroxyl groups is 1. The molecule has 5 atom stereocenters. The zero-order chi connectivity index (χ0) is 23.4. The number of phenols is 1. The van der Waals surface area contributed by atoms with Crippen molar-refractivity contribution in [3.8, 4) is 17.6 Å². The molecular weight excluding hydrogens is 651 g/mol. The van der Waals surface area contributed by atoms with E-state index in [0.29, 0.717) is 35.6 Å². The SMILES string of the molecule is C[C@]12CC[C@@H]3c4ccc(O)cc4CC[C@H]3[C@@H]1CC[C@@]2(O)C#Cc1ccc([N]=[Re]([Cl])([Cl])[Cl])cc1. The van der Waals surface area contributed by atoms with Crippen molar-refractivity contribution in [2.75, 3.05) is 0 Å². The third kappa shape index (κ3) is 4.43. The molecule has 3 aliphatic carbocycles. The van der Waals surface area contributed by atoms with Gasteiger partial charge >= 0.3 is 165 Å². The molecule has 0 unspecified atom stereocenters. The Morgan fingerprint density at radius 3 is 2.52 bits per heavy atom. The molecule has 2 saturated carbocycles. The van der Waals surface area contributed by atoms with Gasteiger partial charge in [-0.3, -0.25) is 0 Å². The van der Waals surface area contributed by atoms with Crippen LogP contribution in [0.2, 0.25) is 0 Å². The zero-order valence-corrected chi connectivity index (χ0v) is 23.4. The van der Waals surface area contributed by atoms with E-state index in [1.165, 1.54) is 11.1 Å². The molecule has 5 rings (SSSR count). The second-order valence-electron chi connectivity index (χ2n) is 9.89. The normalized spacial score (nSPS) is 33.2.